The minimum atomic E-state index is -4.60. The molecule has 3 fully saturated rings. The molecule has 3 aliphatic rings. The van der Waals surface area contributed by atoms with Crippen molar-refractivity contribution in [2.75, 3.05) is 74.7 Å². The molecule has 0 atom stereocenters. The third kappa shape index (κ3) is 6.65. The lowest BCUT2D eigenvalue weighted by atomic mass is 10.1. The van der Waals surface area contributed by atoms with Crippen molar-refractivity contribution in [2.45, 2.75) is 37.8 Å². The van der Waals surface area contributed by atoms with Crippen molar-refractivity contribution in [1.29, 1.82) is 0 Å². The maximum absolute atomic E-state index is 13.7. The van der Waals surface area contributed by atoms with E-state index in [1.807, 2.05) is 12.1 Å². The zero-order valence-electron chi connectivity index (χ0n) is 21.2. The van der Waals surface area contributed by atoms with E-state index in [-0.39, 0.29) is 24.2 Å². The lowest BCUT2D eigenvalue weighted by Gasteiger charge is -2.29. The third-order valence-corrected chi connectivity index (χ3v) is 6.98. The lowest BCUT2D eigenvalue weighted by molar-refractivity contribution is -0.137. The van der Waals surface area contributed by atoms with E-state index in [1.165, 1.54) is 0 Å². The Morgan fingerprint density at radius 2 is 1.82 bits per heavy atom. The highest BCUT2D eigenvalue weighted by Gasteiger charge is 2.35. The molecule has 0 radical (unpaired) electrons. The summed E-state index contributed by atoms with van der Waals surface area (Å²) in [5.74, 6) is 0.232. The van der Waals surface area contributed by atoms with Crippen LogP contribution >= 0.6 is 0 Å². The van der Waals surface area contributed by atoms with Gasteiger partial charge in [0.25, 0.3) is 0 Å². The van der Waals surface area contributed by atoms with Gasteiger partial charge in [0.1, 0.15) is 11.4 Å². The van der Waals surface area contributed by atoms with Crippen LogP contribution in [0.1, 0.15) is 42.7 Å². The van der Waals surface area contributed by atoms with E-state index < -0.39 is 11.7 Å². The van der Waals surface area contributed by atoms with Crippen LogP contribution < -0.4 is 15.5 Å². The molecule has 12 heteroatoms. The summed E-state index contributed by atoms with van der Waals surface area (Å²) in [4.78, 5) is 24.3. The van der Waals surface area contributed by atoms with Crippen LogP contribution in [-0.4, -0.2) is 79.9 Å². The molecular formula is C26H33F3N6O3. The Bertz CT molecular complexity index is 1120. The van der Waals surface area contributed by atoms with Gasteiger partial charge >= 0.3 is 6.18 Å². The van der Waals surface area contributed by atoms with Crippen LogP contribution in [0.25, 0.3) is 0 Å². The van der Waals surface area contributed by atoms with Gasteiger partial charge in [0.2, 0.25) is 11.9 Å². The Balaban J connectivity index is 1.28. The van der Waals surface area contributed by atoms with Gasteiger partial charge in [-0.05, 0) is 48.9 Å². The molecule has 0 bridgehead atoms. The molecule has 2 aromatic rings. The SMILES string of the molecule is O=C1CCOCCN1CCCNc1nc(Nc2ccc(N3CCOCC3)cc2C2CC2)ncc1C(F)(F)F. The number of halogens is 3. The molecule has 2 N–H and O–H groups in total. The van der Waals surface area contributed by atoms with Gasteiger partial charge in [-0.3, -0.25) is 4.79 Å². The summed E-state index contributed by atoms with van der Waals surface area (Å²) in [5.41, 5.74) is 2.12. The van der Waals surface area contributed by atoms with E-state index in [1.54, 1.807) is 4.90 Å². The highest BCUT2D eigenvalue weighted by molar-refractivity contribution is 5.76. The number of nitrogens with zero attached hydrogens (tertiary/aromatic N) is 4. The maximum Gasteiger partial charge on any atom is 0.421 e. The average Bonchev–Trinajstić information content (AvgIpc) is 3.76. The zero-order valence-corrected chi connectivity index (χ0v) is 21.2. The van der Waals surface area contributed by atoms with E-state index in [0.717, 1.165) is 49.1 Å². The van der Waals surface area contributed by atoms with Gasteiger partial charge in [0.05, 0.1) is 32.8 Å². The molecule has 1 amide bonds. The van der Waals surface area contributed by atoms with Crippen molar-refractivity contribution < 1.29 is 27.4 Å². The van der Waals surface area contributed by atoms with Gasteiger partial charge < -0.3 is 29.9 Å². The quantitative estimate of drug-likeness (QED) is 0.467. The maximum atomic E-state index is 13.7. The lowest BCUT2D eigenvalue weighted by Crippen LogP contribution is -2.36. The fourth-order valence-electron chi connectivity index (χ4n) is 4.75. The molecule has 0 spiro atoms. The fourth-order valence-corrected chi connectivity index (χ4v) is 4.75. The van der Waals surface area contributed by atoms with Crippen molar-refractivity contribution in [3.8, 4) is 0 Å². The second kappa shape index (κ2) is 11.7. The van der Waals surface area contributed by atoms with Crippen LogP contribution in [-0.2, 0) is 20.4 Å². The van der Waals surface area contributed by atoms with Gasteiger partial charge in [-0.1, -0.05) is 0 Å². The molecule has 38 heavy (non-hydrogen) atoms. The Morgan fingerprint density at radius 3 is 2.58 bits per heavy atom. The van der Waals surface area contributed by atoms with Gasteiger partial charge in [0.15, 0.2) is 0 Å². The summed E-state index contributed by atoms with van der Waals surface area (Å²) < 4.78 is 51.8. The first kappa shape index (κ1) is 26.5. The predicted molar refractivity (Wildman–Crippen MR) is 137 cm³/mol. The van der Waals surface area contributed by atoms with Crippen molar-refractivity contribution in [3.05, 3.63) is 35.5 Å². The highest BCUT2D eigenvalue weighted by atomic mass is 19.4. The van der Waals surface area contributed by atoms with Crippen LogP contribution in [0.15, 0.2) is 24.4 Å². The van der Waals surface area contributed by atoms with Crippen LogP contribution in [0.5, 0.6) is 0 Å². The monoisotopic (exact) mass is 534 g/mol. The predicted octanol–water partition coefficient (Wildman–Crippen LogP) is 4.00. The standard InChI is InChI=1S/C26H33F3N6O3/c27-26(28,29)21-17-31-25(33-24(21)30-7-1-8-35-11-15-37-12-6-23(35)36)32-22-5-4-19(16-20(22)18-2-3-18)34-9-13-38-14-10-34/h4-5,16-18H,1-3,6-15H2,(H2,30,31,32,33). The van der Waals surface area contributed by atoms with Gasteiger partial charge in [0, 0.05) is 50.3 Å². The first-order chi connectivity index (χ1) is 18.4. The third-order valence-electron chi connectivity index (χ3n) is 6.98. The van der Waals surface area contributed by atoms with E-state index in [9.17, 15) is 18.0 Å². The molecule has 5 rings (SSSR count). The normalized spacial score (nSPS) is 18.9. The number of alkyl halides is 3. The summed E-state index contributed by atoms with van der Waals surface area (Å²) in [6.45, 7) is 5.06. The molecule has 1 aromatic heterocycles. The van der Waals surface area contributed by atoms with Crippen LogP contribution in [0.4, 0.5) is 36.3 Å². The Morgan fingerprint density at radius 1 is 1.05 bits per heavy atom. The first-order valence-corrected chi connectivity index (χ1v) is 13.2. The van der Waals surface area contributed by atoms with Crippen LogP contribution in [0.3, 0.4) is 0 Å². The Kier molecular flexibility index (Phi) is 8.18. The molecule has 0 unspecified atom stereocenters. The Hall–Kier alpha value is -3.12. The molecule has 9 nitrogen and oxygen atoms in total. The van der Waals surface area contributed by atoms with Gasteiger partial charge in [-0.15, -0.1) is 0 Å². The summed E-state index contributed by atoms with van der Waals surface area (Å²) in [7, 11) is 0. The van der Waals surface area contributed by atoms with Crippen molar-refractivity contribution >= 4 is 29.0 Å². The largest absolute Gasteiger partial charge is 0.421 e. The molecule has 1 aliphatic carbocycles. The molecule has 1 saturated carbocycles. The number of carbonyl (C=O) groups is 1. The number of anilines is 4. The second-order valence-corrected chi connectivity index (χ2v) is 9.75. The van der Waals surface area contributed by atoms with Crippen LogP contribution in [0.2, 0.25) is 0 Å². The average molecular weight is 535 g/mol. The van der Waals surface area contributed by atoms with E-state index in [4.69, 9.17) is 9.47 Å². The molecule has 1 aromatic carbocycles. The number of nitrogens with one attached hydrogen (secondary N) is 2. The minimum absolute atomic E-state index is 0.00175. The number of rotatable bonds is 9. The molecule has 3 heterocycles. The summed E-state index contributed by atoms with van der Waals surface area (Å²) in [6, 6.07) is 6.12. The number of hydrogen-bond acceptors (Lipinski definition) is 8. The summed E-state index contributed by atoms with van der Waals surface area (Å²) >= 11 is 0. The molecular weight excluding hydrogens is 501 g/mol. The second-order valence-electron chi connectivity index (χ2n) is 9.75. The molecule has 206 valence electrons. The van der Waals surface area contributed by atoms with Gasteiger partial charge in [-0.2, -0.15) is 18.2 Å². The minimum Gasteiger partial charge on any atom is -0.379 e. The number of ether oxygens (including phenoxy) is 2. The molecule has 2 saturated heterocycles. The summed E-state index contributed by atoms with van der Waals surface area (Å²) in [6.07, 6.45) is -0.835. The number of morpholine rings is 1. The van der Waals surface area contributed by atoms with Crippen LogP contribution in [0, 0.1) is 0 Å². The number of aromatic nitrogens is 2. The number of carbonyl (C=O) groups excluding carboxylic acids is 1. The van der Waals surface area contributed by atoms with E-state index in [0.29, 0.717) is 58.3 Å². The fraction of sp³-hybridized carbons (Fsp3) is 0.577. The van der Waals surface area contributed by atoms with E-state index >= 15 is 0 Å². The highest BCUT2D eigenvalue weighted by Crippen LogP contribution is 2.45. The van der Waals surface area contributed by atoms with Gasteiger partial charge in [-0.25, -0.2) is 4.98 Å². The van der Waals surface area contributed by atoms with Crippen molar-refractivity contribution in [2.24, 2.45) is 0 Å². The smallest absolute Gasteiger partial charge is 0.379 e. The first-order valence-electron chi connectivity index (χ1n) is 13.2. The number of amides is 1. The topological polar surface area (TPSA) is 91.8 Å². The Labute approximate surface area is 219 Å². The van der Waals surface area contributed by atoms with Crippen molar-refractivity contribution in [1.82, 2.24) is 14.9 Å². The zero-order chi connectivity index (χ0) is 26.5. The number of hydrogen-bond donors (Lipinski definition) is 2. The number of benzene rings is 1. The van der Waals surface area contributed by atoms with E-state index in [2.05, 4.69) is 31.6 Å². The van der Waals surface area contributed by atoms with Crippen molar-refractivity contribution in [3.63, 3.8) is 0 Å². The molecule has 2 aliphatic heterocycles. The summed E-state index contributed by atoms with van der Waals surface area (Å²) in [5, 5.41) is 5.98.